The number of carbonyl (C=O) groups excluding carboxylic acids is 3. The monoisotopic (exact) mass is 443 g/mol. The molecule has 0 aliphatic heterocycles. The molecule has 2 amide bonds. The third-order valence-electron chi connectivity index (χ3n) is 4.69. The van der Waals surface area contributed by atoms with Crippen molar-refractivity contribution in [2.75, 3.05) is 16.4 Å². The smallest absolute Gasteiger partial charge is 0.234 e. The second-order valence-corrected chi connectivity index (χ2v) is 8.26. The molecular weight excluding hydrogens is 424 g/mol. The Labute approximate surface area is 183 Å². The average molecular weight is 444 g/mol. The number of anilines is 2. The van der Waals surface area contributed by atoms with Crippen LogP contribution < -0.4 is 15.7 Å². The lowest BCUT2D eigenvalue weighted by Gasteiger charge is -2.28. The molecule has 2 N–H and O–H groups in total. The summed E-state index contributed by atoms with van der Waals surface area (Å²) in [6.07, 6.45) is 4.22. The lowest BCUT2D eigenvalue weighted by atomic mass is 9.82. The molecule has 8 heteroatoms. The first-order valence-electron chi connectivity index (χ1n) is 9.38. The Kier molecular flexibility index (Phi) is 7.54. The van der Waals surface area contributed by atoms with E-state index in [2.05, 4.69) is 10.6 Å². The number of rotatable bonds is 7. The Morgan fingerprint density at radius 1 is 1.00 bits per heavy atom. The van der Waals surface area contributed by atoms with Gasteiger partial charge in [-0.2, -0.15) is 0 Å². The molecule has 0 bridgehead atoms. The Morgan fingerprint density at radius 2 is 1.73 bits per heavy atom. The van der Waals surface area contributed by atoms with Crippen LogP contribution in [0.1, 0.15) is 12.8 Å². The van der Waals surface area contributed by atoms with Crippen LogP contribution in [0.25, 0.3) is 0 Å². The van der Waals surface area contributed by atoms with Gasteiger partial charge in [0.25, 0.3) is 0 Å². The molecule has 0 spiro atoms. The number of halogens is 1. The molecule has 0 saturated carbocycles. The van der Waals surface area contributed by atoms with Gasteiger partial charge in [-0.25, -0.2) is 0 Å². The van der Waals surface area contributed by atoms with Crippen LogP contribution in [0.5, 0.6) is 0 Å². The summed E-state index contributed by atoms with van der Waals surface area (Å²) in [6, 6.07) is 14.1. The zero-order valence-corrected chi connectivity index (χ0v) is 17.5. The maximum Gasteiger partial charge on any atom is 0.234 e. The predicted octanol–water partition coefficient (Wildman–Crippen LogP) is 3.34. The summed E-state index contributed by atoms with van der Waals surface area (Å²) in [4.78, 5) is 36.9. The first kappa shape index (κ1) is 21.9. The molecule has 156 valence electrons. The van der Waals surface area contributed by atoms with E-state index in [9.17, 15) is 19.5 Å². The highest BCUT2D eigenvalue weighted by Gasteiger charge is 2.29. The largest absolute Gasteiger partial charge is 0.550 e. The second-order valence-electron chi connectivity index (χ2n) is 6.81. The van der Waals surface area contributed by atoms with E-state index in [1.165, 1.54) is 11.8 Å². The maximum atomic E-state index is 12.6. The van der Waals surface area contributed by atoms with Gasteiger partial charge in [-0.05, 0) is 43.2 Å². The van der Waals surface area contributed by atoms with Crippen LogP contribution in [0.15, 0.2) is 65.6 Å². The number of para-hydroxylation sites is 1. The number of hydrogen-bond donors (Lipinski definition) is 2. The van der Waals surface area contributed by atoms with Crippen molar-refractivity contribution in [3.63, 3.8) is 0 Å². The number of carboxylic acid groups (broad SMARTS) is 1. The number of hydrogen-bond acceptors (Lipinski definition) is 5. The van der Waals surface area contributed by atoms with Gasteiger partial charge in [-0.15, -0.1) is 11.8 Å². The number of carbonyl (C=O) groups is 3. The van der Waals surface area contributed by atoms with Gasteiger partial charge in [0.1, 0.15) is 0 Å². The maximum absolute atomic E-state index is 12.6. The molecule has 2 aromatic carbocycles. The summed E-state index contributed by atoms with van der Waals surface area (Å²) in [5, 5.41) is 17.3. The number of thioether (sulfide) groups is 1. The molecule has 6 nitrogen and oxygen atoms in total. The first-order valence-corrected chi connectivity index (χ1v) is 10.7. The Hall–Kier alpha value is -2.77. The van der Waals surface area contributed by atoms with Crippen LogP contribution in [0, 0.1) is 11.8 Å². The van der Waals surface area contributed by atoms with E-state index in [-0.39, 0.29) is 24.0 Å². The Balaban J connectivity index is 1.57. The Bertz CT molecular complexity index is 979. The first-order chi connectivity index (χ1) is 14.4. The predicted molar refractivity (Wildman–Crippen MR) is 116 cm³/mol. The summed E-state index contributed by atoms with van der Waals surface area (Å²) in [6.45, 7) is 0. The van der Waals surface area contributed by atoms with Crippen molar-refractivity contribution in [1.29, 1.82) is 0 Å². The van der Waals surface area contributed by atoms with Crippen molar-refractivity contribution in [2.24, 2.45) is 11.8 Å². The minimum Gasteiger partial charge on any atom is -0.550 e. The molecule has 0 aromatic heterocycles. The van der Waals surface area contributed by atoms with E-state index in [4.69, 9.17) is 11.6 Å². The number of benzene rings is 2. The van der Waals surface area contributed by atoms with Gasteiger partial charge in [0.2, 0.25) is 11.8 Å². The number of allylic oxidation sites excluding steroid dienone is 2. The van der Waals surface area contributed by atoms with Gasteiger partial charge in [0.05, 0.1) is 22.4 Å². The minimum absolute atomic E-state index is 0.169. The fourth-order valence-corrected chi connectivity index (χ4v) is 4.10. The lowest BCUT2D eigenvalue weighted by molar-refractivity contribution is -0.313. The number of carboxylic acids is 1. The van der Waals surface area contributed by atoms with E-state index < -0.39 is 17.8 Å². The van der Waals surface area contributed by atoms with Crippen LogP contribution in [0.2, 0.25) is 5.02 Å². The fraction of sp³-hybridized carbons (Fsp3) is 0.227. The summed E-state index contributed by atoms with van der Waals surface area (Å²) in [5.74, 6) is -3.10. The molecule has 0 fully saturated rings. The number of amides is 2. The van der Waals surface area contributed by atoms with Crippen LogP contribution in [-0.2, 0) is 14.4 Å². The van der Waals surface area contributed by atoms with Crippen molar-refractivity contribution in [3.8, 4) is 0 Å². The van der Waals surface area contributed by atoms with Gasteiger partial charge in [-0.1, -0.05) is 42.0 Å². The third-order valence-corrected chi connectivity index (χ3v) is 6.01. The van der Waals surface area contributed by atoms with Gasteiger partial charge >= 0.3 is 0 Å². The molecule has 2 aromatic rings. The van der Waals surface area contributed by atoms with Crippen LogP contribution >= 0.6 is 23.4 Å². The molecule has 2 atom stereocenters. The summed E-state index contributed by atoms with van der Waals surface area (Å²) < 4.78 is 0. The van der Waals surface area contributed by atoms with Crippen LogP contribution in [0.4, 0.5) is 11.4 Å². The van der Waals surface area contributed by atoms with Gasteiger partial charge in [-0.3, -0.25) is 9.59 Å². The average Bonchev–Trinajstić information content (AvgIpc) is 2.74. The molecular formula is C22H20ClN2O4S-. The molecule has 1 aliphatic carbocycles. The zero-order chi connectivity index (χ0) is 21.5. The highest BCUT2D eigenvalue weighted by molar-refractivity contribution is 8.00. The van der Waals surface area contributed by atoms with Crippen molar-refractivity contribution >= 4 is 52.5 Å². The van der Waals surface area contributed by atoms with Gasteiger partial charge in [0, 0.05) is 22.5 Å². The van der Waals surface area contributed by atoms with E-state index in [1.54, 1.807) is 48.5 Å². The highest BCUT2D eigenvalue weighted by atomic mass is 35.5. The highest BCUT2D eigenvalue weighted by Crippen LogP contribution is 2.28. The third kappa shape index (κ3) is 5.87. The van der Waals surface area contributed by atoms with E-state index in [1.807, 2.05) is 12.1 Å². The quantitative estimate of drug-likeness (QED) is 0.505. The van der Waals surface area contributed by atoms with Crippen molar-refractivity contribution < 1.29 is 19.5 Å². The minimum atomic E-state index is -1.21. The van der Waals surface area contributed by atoms with Crippen LogP contribution in [-0.4, -0.2) is 23.5 Å². The van der Waals surface area contributed by atoms with Crippen LogP contribution in [0.3, 0.4) is 0 Å². The van der Waals surface area contributed by atoms with E-state index in [0.29, 0.717) is 22.8 Å². The molecule has 0 saturated heterocycles. The zero-order valence-electron chi connectivity index (χ0n) is 16.0. The summed E-state index contributed by atoms with van der Waals surface area (Å²) in [7, 11) is 0. The van der Waals surface area contributed by atoms with Gasteiger partial charge in [0.15, 0.2) is 0 Å². The summed E-state index contributed by atoms with van der Waals surface area (Å²) >= 11 is 7.36. The molecule has 0 radical (unpaired) electrons. The molecule has 1 aliphatic rings. The van der Waals surface area contributed by atoms with Crippen molar-refractivity contribution in [3.05, 3.63) is 65.7 Å². The number of aliphatic carboxylic acids is 1. The molecule has 30 heavy (non-hydrogen) atoms. The molecule has 0 heterocycles. The normalized spacial score (nSPS) is 17.9. The SMILES string of the molecule is O=C(CSc1cccc(NC(=O)C2CC=CCC2C(=O)[O-])c1)Nc1ccccc1Cl. The fourth-order valence-electron chi connectivity index (χ4n) is 3.16. The topological polar surface area (TPSA) is 98.3 Å². The Morgan fingerprint density at radius 3 is 2.47 bits per heavy atom. The molecule has 3 rings (SSSR count). The van der Waals surface area contributed by atoms with E-state index >= 15 is 0 Å². The summed E-state index contributed by atoms with van der Waals surface area (Å²) in [5.41, 5.74) is 1.10. The standard InChI is InChI=1S/C22H21ClN2O4S/c23-18-10-3-4-11-19(18)25-20(26)13-30-15-7-5-6-14(12-15)24-21(27)16-8-1-2-9-17(16)22(28)29/h1-7,10-12,16-17H,8-9,13H2,(H,24,27)(H,25,26)(H,28,29)/p-1. The van der Waals surface area contributed by atoms with Crippen molar-refractivity contribution in [1.82, 2.24) is 0 Å². The number of nitrogens with one attached hydrogen (secondary N) is 2. The van der Waals surface area contributed by atoms with Gasteiger partial charge < -0.3 is 20.5 Å². The van der Waals surface area contributed by atoms with Crippen molar-refractivity contribution in [2.45, 2.75) is 17.7 Å². The molecule has 2 unspecified atom stereocenters. The van der Waals surface area contributed by atoms with E-state index in [0.717, 1.165) is 4.90 Å². The second kappa shape index (κ2) is 10.3. The lowest BCUT2D eigenvalue weighted by Crippen LogP contribution is -2.41.